The van der Waals surface area contributed by atoms with E-state index in [1.165, 1.54) is 12.8 Å². The van der Waals surface area contributed by atoms with Gasteiger partial charge >= 0.3 is 0 Å². The van der Waals surface area contributed by atoms with Crippen LogP contribution in [0.5, 0.6) is 0 Å². The third kappa shape index (κ3) is 4.00. The van der Waals surface area contributed by atoms with E-state index in [4.69, 9.17) is 4.98 Å². The maximum absolute atomic E-state index is 12.2. The Balaban J connectivity index is 1.62. The van der Waals surface area contributed by atoms with Crippen LogP contribution < -0.4 is 16.0 Å². The summed E-state index contributed by atoms with van der Waals surface area (Å²) < 4.78 is 2.12. The van der Waals surface area contributed by atoms with Gasteiger partial charge in [-0.15, -0.1) is 0 Å². The molecule has 3 aromatic heterocycles. The van der Waals surface area contributed by atoms with E-state index in [0.717, 1.165) is 54.9 Å². The number of quaternary nitrogens is 1. The third-order valence-electron chi connectivity index (χ3n) is 5.79. The molecule has 1 saturated carbocycles. The van der Waals surface area contributed by atoms with Crippen LogP contribution in [0.2, 0.25) is 0 Å². The highest BCUT2D eigenvalue weighted by atomic mass is 16.1. The molecule has 158 valence electrons. The Labute approximate surface area is 176 Å². The zero-order chi connectivity index (χ0) is 21.1. The van der Waals surface area contributed by atoms with Gasteiger partial charge in [0.15, 0.2) is 5.78 Å². The first-order valence-electron chi connectivity index (χ1n) is 10.8. The molecular weight excluding hydrogens is 378 g/mol. The monoisotopic (exact) mass is 408 g/mol. The molecule has 8 nitrogen and oxygen atoms in total. The van der Waals surface area contributed by atoms with Crippen LogP contribution in [0.4, 0.5) is 17.5 Å². The molecule has 0 atom stereocenters. The van der Waals surface area contributed by atoms with Crippen molar-refractivity contribution in [2.45, 2.75) is 45.6 Å². The van der Waals surface area contributed by atoms with Gasteiger partial charge < -0.3 is 20.5 Å². The van der Waals surface area contributed by atoms with Gasteiger partial charge in [0.05, 0.1) is 30.7 Å². The Bertz CT molecular complexity index is 1020. The molecular formula is C22H30N7O+. The Kier molecular flexibility index (Phi) is 5.94. The minimum absolute atomic E-state index is 0.0643. The average molecular weight is 409 g/mol. The summed E-state index contributed by atoms with van der Waals surface area (Å²) in [6, 6.07) is 6.22. The van der Waals surface area contributed by atoms with E-state index in [9.17, 15) is 4.79 Å². The largest absolute Gasteiger partial charge is 0.365 e. The number of hydrogen-bond donors (Lipinski definition) is 2. The minimum atomic E-state index is 0.0643. The van der Waals surface area contributed by atoms with E-state index in [1.54, 1.807) is 13.1 Å². The van der Waals surface area contributed by atoms with Gasteiger partial charge in [0.2, 0.25) is 5.95 Å². The van der Waals surface area contributed by atoms with Crippen molar-refractivity contribution in [2.24, 2.45) is 0 Å². The number of nitrogens with zero attached hydrogens (tertiary/aromatic N) is 5. The van der Waals surface area contributed by atoms with Crippen LogP contribution in [0.1, 0.15) is 56.1 Å². The molecule has 1 aliphatic rings. The number of anilines is 3. The number of fused-ring (bicyclic) bond motifs is 1. The fraction of sp³-hybridized carbons (Fsp3) is 0.455. The number of pyridine rings is 1. The molecule has 4 N–H and O–H groups in total. The number of likely N-dealkylation sites (N-methyl/N-ethyl adjacent to an activating group) is 1. The van der Waals surface area contributed by atoms with Crippen molar-refractivity contribution in [3.05, 3.63) is 36.3 Å². The number of ketones is 1. The highest BCUT2D eigenvalue weighted by Gasteiger charge is 2.24. The lowest BCUT2D eigenvalue weighted by atomic mass is 10.2. The lowest BCUT2D eigenvalue weighted by molar-refractivity contribution is -0.363. The number of hydrogen-bond acceptors (Lipinski definition) is 6. The molecule has 1 fully saturated rings. The van der Waals surface area contributed by atoms with Crippen LogP contribution in [0, 0.1) is 0 Å². The molecule has 0 bridgehead atoms. The maximum atomic E-state index is 12.2. The van der Waals surface area contributed by atoms with Crippen LogP contribution in [-0.2, 0) is 0 Å². The Morgan fingerprint density at radius 1 is 1.27 bits per heavy atom. The average Bonchev–Trinajstić information content (AvgIpc) is 3.40. The molecule has 30 heavy (non-hydrogen) atoms. The molecule has 0 radical (unpaired) electrons. The molecule has 0 spiro atoms. The zero-order valence-corrected chi connectivity index (χ0v) is 17.8. The Hall–Kier alpha value is -3.00. The van der Waals surface area contributed by atoms with Gasteiger partial charge in [-0.05, 0) is 38.0 Å². The lowest BCUT2D eigenvalue weighted by Gasteiger charge is -2.21. The van der Waals surface area contributed by atoms with Gasteiger partial charge in [0.25, 0.3) is 0 Å². The first kappa shape index (κ1) is 20.3. The van der Waals surface area contributed by atoms with Crippen LogP contribution in [0.15, 0.2) is 30.6 Å². The summed E-state index contributed by atoms with van der Waals surface area (Å²) in [6.45, 7) is 6.41. The molecule has 8 heteroatoms. The zero-order valence-electron chi connectivity index (χ0n) is 17.8. The normalized spacial score (nSPS) is 14.4. The Morgan fingerprint density at radius 2 is 2.07 bits per heavy atom. The van der Waals surface area contributed by atoms with E-state index < -0.39 is 0 Å². The van der Waals surface area contributed by atoms with Gasteiger partial charge in [0, 0.05) is 31.1 Å². The van der Waals surface area contributed by atoms with Crippen molar-refractivity contribution in [1.82, 2.24) is 19.5 Å². The fourth-order valence-corrected chi connectivity index (χ4v) is 4.29. The summed E-state index contributed by atoms with van der Waals surface area (Å²) in [5, 5.41) is 4.10. The highest BCUT2D eigenvalue weighted by molar-refractivity contribution is 5.98. The maximum Gasteiger partial charge on any atom is 0.230 e. The van der Waals surface area contributed by atoms with Crippen molar-refractivity contribution in [2.75, 3.05) is 29.9 Å². The summed E-state index contributed by atoms with van der Waals surface area (Å²) >= 11 is 0. The molecule has 1 aliphatic carbocycles. The standard InChI is InChI=1S/C22H29N7O/c1-3-28(11-10-23)18-8-9-20(24-14-18)26-22-25-13-16-12-19(15(2)30)29(21(16)27-22)17-6-4-5-7-17/h8-9,12-14,17H,3-7,10-11,23H2,1-2H3,(H,24,25,26,27)/p+1. The third-order valence-corrected chi connectivity index (χ3v) is 5.79. The number of Topliss-reactive ketones (excluding diaryl/α,β-unsaturated/α-hetero) is 1. The number of carbonyl (C=O) groups excluding carboxylic acids is 1. The summed E-state index contributed by atoms with van der Waals surface area (Å²) in [5.74, 6) is 1.24. The molecule has 0 amide bonds. The molecule has 0 aliphatic heterocycles. The van der Waals surface area contributed by atoms with Gasteiger partial charge in [-0.1, -0.05) is 12.8 Å². The molecule has 0 aromatic carbocycles. The Morgan fingerprint density at radius 3 is 2.70 bits per heavy atom. The molecule has 3 aromatic rings. The second kappa shape index (κ2) is 8.79. The van der Waals surface area contributed by atoms with Crippen molar-refractivity contribution >= 4 is 34.3 Å². The van der Waals surface area contributed by atoms with Crippen LogP contribution in [0.25, 0.3) is 11.0 Å². The summed E-state index contributed by atoms with van der Waals surface area (Å²) in [5.41, 5.74) is 6.54. The molecule has 0 unspecified atom stereocenters. The number of carbonyl (C=O) groups is 1. The predicted molar refractivity (Wildman–Crippen MR) is 118 cm³/mol. The molecule has 3 heterocycles. The van der Waals surface area contributed by atoms with Gasteiger partial charge in [-0.25, -0.2) is 9.97 Å². The van der Waals surface area contributed by atoms with Crippen LogP contribution in [0.3, 0.4) is 0 Å². The quantitative estimate of drug-likeness (QED) is 0.556. The lowest BCUT2D eigenvalue weighted by Crippen LogP contribution is -2.55. The first-order chi connectivity index (χ1) is 14.6. The van der Waals surface area contributed by atoms with Gasteiger partial charge in [0.1, 0.15) is 11.5 Å². The molecule has 4 rings (SSSR count). The summed E-state index contributed by atoms with van der Waals surface area (Å²) in [6.07, 6.45) is 8.19. The number of aromatic nitrogens is 4. The van der Waals surface area contributed by atoms with Gasteiger partial charge in [-0.3, -0.25) is 4.79 Å². The smallest absolute Gasteiger partial charge is 0.230 e. The minimum Gasteiger partial charge on any atom is -0.365 e. The van der Waals surface area contributed by atoms with Crippen molar-refractivity contribution in [3.63, 3.8) is 0 Å². The topological polar surface area (TPSA) is 104 Å². The van der Waals surface area contributed by atoms with E-state index in [2.05, 4.69) is 37.4 Å². The van der Waals surface area contributed by atoms with Crippen molar-refractivity contribution in [3.8, 4) is 0 Å². The van der Waals surface area contributed by atoms with Crippen molar-refractivity contribution < 1.29 is 10.5 Å². The summed E-state index contributed by atoms with van der Waals surface area (Å²) in [4.78, 5) is 28.2. The second-order valence-corrected chi connectivity index (χ2v) is 7.83. The first-order valence-corrected chi connectivity index (χ1v) is 10.8. The van der Waals surface area contributed by atoms with E-state index in [-0.39, 0.29) is 5.78 Å². The summed E-state index contributed by atoms with van der Waals surface area (Å²) in [7, 11) is 0. The number of rotatable bonds is 8. The van der Waals surface area contributed by atoms with Crippen LogP contribution >= 0.6 is 0 Å². The highest BCUT2D eigenvalue weighted by Crippen LogP contribution is 2.34. The number of nitrogens with one attached hydrogen (secondary N) is 1. The molecule has 0 saturated heterocycles. The van der Waals surface area contributed by atoms with Crippen LogP contribution in [-0.4, -0.2) is 44.9 Å². The van der Waals surface area contributed by atoms with E-state index in [0.29, 0.717) is 17.8 Å². The van der Waals surface area contributed by atoms with Crippen molar-refractivity contribution in [1.29, 1.82) is 0 Å². The predicted octanol–water partition coefficient (Wildman–Crippen LogP) is 2.96. The second-order valence-electron chi connectivity index (χ2n) is 7.83. The van der Waals surface area contributed by atoms with E-state index in [1.807, 2.05) is 24.4 Å². The van der Waals surface area contributed by atoms with E-state index >= 15 is 0 Å². The SMILES string of the molecule is CCN(CC[NH3+])c1ccc(Nc2ncc3cc(C(C)=O)n(C4CCCC4)c3n2)nc1. The van der Waals surface area contributed by atoms with Gasteiger partial charge in [-0.2, -0.15) is 4.98 Å². The fourth-order valence-electron chi connectivity index (χ4n) is 4.29.